The summed E-state index contributed by atoms with van der Waals surface area (Å²) in [6, 6.07) is 0.585. The zero-order valence-electron chi connectivity index (χ0n) is 18.6. The van der Waals surface area contributed by atoms with E-state index in [2.05, 4.69) is 17.6 Å². The van der Waals surface area contributed by atoms with Gasteiger partial charge in [0.2, 0.25) is 0 Å². The van der Waals surface area contributed by atoms with Crippen molar-refractivity contribution in [1.82, 2.24) is 10.6 Å². The highest BCUT2D eigenvalue weighted by atomic mass is 16.3. The number of hydrogen-bond donors (Lipinski definition) is 4. The summed E-state index contributed by atoms with van der Waals surface area (Å²) in [5.74, 6) is 1.38. The molecule has 8 aliphatic rings. The number of aliphatic hydroxyl groups excluding tert-OH is 1. The van der Waals surface area contributed by atoms with Crippen molar-refractivity contribution >= 4 is 0 Å². The first-order chi connectivity index (χ1) is 13.9. The average Bonchev–Trinajstić information content (AvgIpc) is 2.97. The Morgan fingerprint density at radius 3 is 2.66 bits per heavy atom. The summed E-state index contributed by atoms with van der Waals surface area (Å²) in [7, 11) is 2.04. The molecule has 0 heterocycles. The minimum absolute atomic E-state index is 0.0199. The molecule has 0 aromatic carbocycles. The second kappa shape index (κ2) is 5.99. The van der Waals surface area contributed by atoms with Crippen molar-refractivity contribution in [1.29, 1.82) is 0 Å². The summed E-state index contributed by atoms with van der Waals surface area (Å²) in [5, 5.41) is 31.7. The molecule has 0 aromatic rings. The molecule has 164 valence electrons. The van der Waals surface area contributed by atoms with Crippen LogP contribution in [-0.4, -0.2) is 48.1 Å². The predicted molar refractivity (Wildman–Crippen MR) is 114 cm³/mol. The van der Waals surface area contributed by atoms with Gasteiger partial charge in [-0.15, -0.1) is 0 Å². The molecule has 0 aromatic heterocycles. The maximum Gasteiger partial charge on any atom is 0.0715 e. The minimum atomic E-state index is -0.547. The van der Waals surface area contributed by atoms with E-state index in [1.165, 1.54) is 38.5 Å². The first-order valence-corrected chi connectivity index (χ1v) is 12.6. The van der Waals surface area contributed by atoms with Gasteiger partial charge >= 0.3 is 0 Å². The predicted octanol–water partition coefficient (Wildman–Crippen LogP) is 3.22. The number of rotatable bonds is 4. The monoisotopic (exact) mass is 402 g/mol. The normalized spacial score (nSPS) is 60.0. The van der Waals surface area contributed by atoms with Gasteiger partial charge in [-0.3, -0.25) is 0 Å². The van der Waals surface area contributed by atoms with Crippen LogP contribution >= 0.6 is 0 Å². The van der Waals surface area contributed by atoms with Crippen molar-refractivity contribution < 1.29 is 10.2 Å². The van der Waals surface area contributed by atoms with E-state index in [4.69, 9.17) is 0 Å². The fraction of sp³-hybridized carbons (Fsp3) is 1.00. The van der Waals surface area contributed by atoms with E-state index in [1.54, 1.807) is 0 Å². The van der Waals surface area contributed by atoms with Crippen LogP contribution < -0.4 is 10.6 Å². The van der Waals surface area contributed by atoms with Crippen molar-refractivity contribution in [3.63, 3.8) is 0 Å². The molecule has 0 radical (unpaired) electrons. The van der Waals surface area contributed by atoms with Crippen molar-refractivity contribution in [3.8, 4) is 0 Å². The first-order valence-electron chi connectivity index (χ1n) is 12.6. The van der Waals surface area contributed by atoms with Gasteiger partial charge in [0.1, 0.15) is 0 Å². The quantitative estimate of drug-likeness (QED) is 0.545. The van der Waals surface area contributed by atoms with Crippen LogP contribution in [0.15, 0.2) is 0 Å². The topological polar surface area (TPSA) is 64.5 Å². The molecule has 8 aliphatic carbocycles. The Hall–Kier alpha value is -0.160. The Morgan fingerprint density at radius 2 is 1.83 bits per heavy atom. The van der Waals surface area contributed by atoms with E-state index in [1.807, 2.05) is 7.05 Å². The Balaban J connectivity index is 1.49. The summed E-state index contributed by atoms with van der Waals surface area (Å²) in [6.45, 7) is 4.42. The fourth-order valence-corrected chi connectivity index (χ4v) is 11.1. The Labute approximate surface area is 176 Å². The summed E-state index contributed by atoms with van der Waals surface area (Å²) in [5.41, 5.74) is -0.189. The Kier molecular flexibility index (Phi) is 4.04. The molecular weight excluding hydrogens is 360 g/mol. The smallest absolute Gasteiger partial charge is 0.0715 e. The van der Waals surface area contributed by atoms with Crippen LogP contribution in [0, 0.1) is 33.5 Å². The van der Waals surface area contributed by atoms with E-state index in [-0.39, 0.29) is 27.8 Å². The van der Waals surface area contributed by atoms with E-state index in [9.17, 15) is 10.2 Å². The zero-order chi connectivity index (χ0) is 20.1. The van der Waals surface area contributed by atoms with Crippen molar-refractivity contribution in [3.05, 3.63) is 0 Å². The highest BCUT2D eigenvalue weighted by Crippen LogP contribution is 2.88. The molecule has 8 saturated carbocycles. The molecule has 0 aliphatic heterocycles. The maximum atomic E-state index is 12.4. The molecule has 4 N–H and O–H groups in total. The van der Waals surface area contributed by atoms with Crippen molar-refractivity contribution in [2.45, 2.75) is 102 Å². The van der Waals surface area contributed by atoms with Crippen LogP contribution in [0.25, 0.3) is 0 Å². The molecule has 9 atom stereocenters. The summed E-state index contributed by atoms with van der Waals surface area (Å²) in [4.78, 5) is 0. The molecule has 0 saturated heterocycles. The molecule has 9 unspecified atom stereocenters. The highest BCUT2D eigenvalue weighted by molar-refractivity contribution is 5.35. The lowest BCUT2D eigenvalue weighted by Crippen LogP contribution is -2.77. The minimum Gasteiger partial charge on any atom is -0.392 e. The second-order valence-electron chi connectivity index (χ2n) is 12.6. The number of nitrogens with one attached hydrogen (secondary N) is 2. The van der Waals surface area contributed by atoms with Crippen LogP contribution in [0.3, 0.4) is 0 Å². The number of hydrogen-bond acceptors (Lipinski definition) is 4. The van der Waals surface area contributed by atoms with Crippen molar-refractivity contribution in [2.75, 3.05) is 20.1 Å². The first kappa shape index (κ1) is 19.5. The van der Waals surface area contributed by atoms with Crippen LogP contribution in [0.2, 0.25) is 0 Å². The molecular formula is C25H42N2O2. The summed E-state index contributed by atoms with van der Waals surface area (Å²) in [6.07, 6.45) is 13.7. The van der Waals surface area contributed by atoms with Gasteiger partial charge in [0.25, 0.3) is 0 Å². The molecule has 29 heavy (non-hydrogen) atoms. The van der Waals surface area contributed by atoms with Crippen LogP contribution in [0.1, 0.15) is 84.0 Å². The van der Waals surface area contributed by atoms with Gasteiger partial charge in [-0.2, -0.15) is 0 Å². The molecule has 6 bridgehead atoms. The van der Waals surface area contributed by atoms with Crippen LogP contribution in [-0.2, 0) is 0 Å². The number of aliphatic hydroxyl groups is 2. The molecule has 4 heteroatoms. The van der Waals surface area contributed by atoms with Crippen molar-refractivity contribution in [2.24, 2.45) is 33.5 Å². The van der Waals surface area contributed by atoms with Gasteiger partial charge in [0.05, 0.1) is 11.7 Å². The third kappa shape index (κ3) is 2.07. The largest absolute Gasteiger partial charge is 0.392 e. The van der Waals surface area contributed by atoms with Gasteiger partial charge in [-0.25, -0.2) is 0 Å². The van der Waals surface area contributed by atoms with E-state index >= 15 is 0 Å². The summed E-state index contributed by atoms with van der Waals surface area (Å²) < 4.78 is 0. The number of likely N-dealkylation sites (N-methyl/N-ethyl adjacent to an activating group) is 1. The van der Waals surface area contributed by atoms with Gasteiger partial charge in [0.15, 0.2) is 0 Å². The molecule has 8 fully saturated rings. The van der Waals surface area contributed by atoms with Gasteiger partial charge < -0.3 is 20.8 Å². The standard InChI is InChI=1S/C25H42N2O2/c1-21-7-4-9-24(29,15-21)23-13-17-6-10-25(23,19(28)14-21)22(16-23)8-3-5-18(22)20(17)27-12-11-26-2/h17-20,26-29H,3-16H2,1-2H3. The third-order valence-electron chi connectivity index (χ3n) is 11.7. The second-order valence-corrected chi connectivity index (χ2v) is 12.6. The lowest BCUT2D eigenvalue weighted by Gasteiger charge is -2.78. The summed E-state index contributed by atoms with van der Waals surface area (Å²) >= 11 is 0. The lowest BCUT2D eigenvalue weighted by molar-refractivity contribution is -0.345. The van der Waals surface area contributed by atoms with E-state index in [0.29, 0.717) is 17.9 Å². The van der Waals surface area contributed by atoms with Gasteiger partial charge in [-0.1, -0.05) is 19.8 Å². The van der Waals surface area contributed by atoms with Crippen LogP contribution in [0.5, 0.6) is 0 Å². The lowest BCUT2D eigenvalue weighted by atomic mass is 9.27. The van der Waals surface area contributed by atoms with E-state index in [0.717, 1.165) is 51.6 Å². The molecule has 0 amide bonds. The van der Waals surface area contributed by atoms with Crippen LogP contribution in [0.4, 0.5) is 0 Å². The zero-order valence-corrected chi connectivity index (χ0v) is 18.6. The number of fused-ring (bicyclic) bond motifs is 3. The van der Waals surface area contributed by atoms with Gasteiger partial charge in [-0.05, 0) is 93.9 Å². The Morgan fingerprint density at radius 1 is 0.966 bits per heavy atom. The maximum absolute atomic E-state index is 12.4. The van der Waals surface area contributed by atoms with E-state index < -0.39 is 5.60 Å². The molecule has 3 spiro atoms. The highest BCUT2D eigenvalue weighted by Gasteiger charge is 2.86. The van der Waals surface area contributed by atoms with Gasteiger partial charge in [0, 0.05) is 30.0 Å². The molecule has 8 rings (SSSR count). The Bertz CT molecular complexity index is 700. The molecule has 4 nitrogen and oxygen atoms in total. The third-order valence-corrected chi connectivity index (χ3v) is 11.7. The SMILES string of the molecule is CNCCNC1C2CCC34C(O)CC5(C)CCCC(O)(C5)C3(C2)CC42CCCC12. The average molecular weight is 403 g/mol. The fourth-order valence-electron chi connectivity index (χ4n) is 11.1.